The van der Waals surface area contributed by atoms with Crippen molar-refractivity contribution in [1.29, 1.82) is 0 Å². The molecule has 1 fully saturated rings. The Kier molecular flexibility index (Phi) is 10.8. The summed E-state index contributed by atoms with van der Waals surface area (Å²) >= 11 is 0. The van der Waals surface area contributed by atoms with Gasteiger partial charge in [0.15, 0.2) is 5.96 Å². The second-order valence-corrected chi connectivity index (χ2v) is 7.63. The summed E-state index contributed by atoms with van der Waals surface area (Å²) in [4.78, 5) is 6.82. The molecule has 1 atom stereocenters. The van der Waals surface area contributed by atoms with Crippen molar-refractivity contribution in [2.24, 2.45) is 10.9 Å². The number of hydrogen-bond acceptors (Lipinski definition) is 5. The van der Waals surface area contributed by atoms with Crippen molar-refractivity contribution < 1.29 is 14.2 Å². The SMILES string of the molecule is CN=C(NCc1ccc(C)cc1OCCCOC)NCC(C)CN1CCOCC1. The van der Waals surface area contributed by atoms with Crippen LogP contribution in [0.4, 0.5) is 0 Å². The van der Waals surface area contributed by atoms with Crippen LogP contribution in [-0.4, -0.2) is 77.6 Å². The molecule has 7 nitrogen and oxygen atoms in total. The van der Waals surface area contributed by atoms with E-state index in [0.29, 0.717) is 25.7 Å². The van der Waals surface area contributed by atoms with Gasteiger partial charge in [0.05, 0.1) is 19.8 Å². The molecule has 1 unspecified atom stereocenters. The standard InChI is InChI=1S/C22H38N4O3/c1-18-6-7-20(21(14-18)29-11-5-10-27-4)16-25-22(23-3)24-15-19(2)17-26-8-12-28-13-9-26/h6-7,14,19H,5,8-13,15-17H2,1-4H3,(H2,23,24,25). The van der Waals surface area contributed by atoms with Crippen LogP contribution in [0.15, 0.2) is 23.2 Å². The van der Waals surface area contributed by atoms with Gasteiger partial charge in [0, 0.05) is 65.5 Å². The molecule has 29 heavy (non-hydrogen) atoms. The number of guanidine groups is 1. The molecule has 1 heterocycles. The summed E-state index contributed by atoms with van der Waals surface area (Å²) in [7, 11) is 3.52. The lowest BCUT2D eigenvalue weighted by atomic mass is 10.1. The zero-order valence-corrected chi connectivity index (χ0v) is 18.5. The fourth-order valence-electron chi connectivity index (χ4n) is 3.29. The number of ether oxygens (including phenoxy) is 3. The Morgan fingerprint density at radius 1 is 1.24 bits per heavy atom. The first-order valence-electron chi connectivity index (χ1n) is 10.6. The quantitative estimate of drug-likeness (QED) is 0.333. The van der Waals surface area contributed by atoms with Gasteiger partial charge in [0.1, 0.15) is 5.75 Å². The van der Waals surface area contributed by atoms with Crippen LogP contribution in [0.2, 0.25) is 0 Å². The molecule has 0 radical (unpaired) electrons. The molecular weight excluding hydrogens is 368 g/mol. The maximum atomic E-state index is 5.97. The first-order chi connectivity index (χ1) is 14.1. The highest BCUT2D eigenvalue weighted by atomic mass is 16.5. The normalized spacial score (nSPS) is 16.5. The van der Waals surface area contributed by atoms with E-state index in [2.05, 4.69) is 52.6 Å². The summed E-state index contributed by atoms with van der Waals surface area (Å²) in [6.45, 7) is 12.1. The van der Waals surface area contributed by atoms with E-state index in [1.54, 1.807) is 14.2 Å². The Morgan fingerprint density at radius 3 is 2.76 bits per heavy atom. The molecule has 0 amide bonds. The summed E-state index contributed by atoms with van der Waals surface area (Å²) in [6, 6.07) is 6.31. The van der Waals surface area contributed by atoms with Gasteiger partial charge in [0.25, 0.3) is 0 Å². The van der Waals surface area contributed by atoms with Crippen LogP contribution in [0.1, 0.15) is 24.5 Å². The fourth-order valence-corrected chi connectivity index (χ4v) is 3.29. The molecule has 2 N–H and O–H groups in total. The first-order valence-corrected chi connectivity index (χ1v) is 10.6. The lowest BCUT2D eigenvalue weighted by Gasteiger charge is -2.29. The zero-order valence-electron chi connectivity index (χ0n) is 18.5. The third-order valence-corrected chi connectivity index (χ3v) is 4.93. The maximum Gasteiger partial charge on any atom is 0.191 e. The first kappa shape index (κ1) is 23.4. The largest absolute Gasteiger partial charge is 0.493 e. The molecule has 0 aromatic heterocycles. The van der Waals surface area contributed by atoms with Crippen LogP contribution in [0, 0.1) is 12.8 Å². The summed E-state index contributed by atoms with van der Waals surface area (Å²) in [5.41, 5.74) is 2.31. The smallest absolute Gasteiger partial charge is 0.191 e. The number of hydrogen-bond donors (Lipinski definition) is 2. The van der Waals surface area contributed by atoms with Crippen LogP contribution in [0.5, 0.6) is 5.75 Å². The summed E-state index contributed by atoms with van der Waals surface area (Å²) in [5, 5.41) is 6.85. The van der Waals surface area contributed by atoms with E-state index < -0.39 is 0 Å². The predicted molar refractivity (Wildman–Crippen MR) is 118 cm³/mol. The minimum atomic E-state index is 0.533. The van der Waals surface area contributed by atoms with Gasteiger partial charge in [-0.05, 0) is 24.5 Å². The molecule has 7 heteroatoms. The van der Waals surface area contributed by atoms with Crippen molar-refractivity contribution >= 4 is 5.96 Å². The van der Waals surface area contributed by atoms with Gasteiger partial charge in [-0.25, -0.2) is 0 Å². The third kappa shape index (κ3) is 9.02. The number of rotatable bonds is 11. The lowest BCUT2D eigenvalue weighted by Crippen LogP contribution is -2.43. The van der Waals surface area contributed by atoms with E-state index in [1.807, 2.05) is 0 Å². The van der Waals surface area contributed by atoms with Crippen molar-refractivity contribution in [3.63, 3.8) is 0 Å². The molecule has 0 bridgehead atoms. The molecule has 1 aromatic carbocycles. The highest BCUT2D eigenvalue weighted by Gasteiger charge is 2.14. The van der Waals surface area contributed by atoms with Gasteiger partial charge in [-0.15, -0.1) is 0 Å². The maximum absolute atomic E-state index is 5.97. The van der Waals surface area contributed by atoms with Crippen molar-refractivity contribution in [3.8, 4) is 5.75 Å². The van der Waals surface area contributed by atoms with Crippen molar-refractivity contribution in [3.05, 3.63) is 29.3 Å². The molecular formula is C22H38N4O3. The van der Waals surface area contributed by atoms with Gasteiger partial charge < -0.3 is 24.8 Å². The minimum absolute atomic E-state index is 0.533. The van der Waals surface area contributed by atoms with E-state index in [0.717, 1.165) is 63.1 Å². The van der Waals surface area contributed by atoms with Crippen LogP contribution in [-0.2, 0) is 16.0 Å². The Balaban J connectivity index is 1.79. The number of benzene rings is 1. The van der Waals surface area contributed by atoms with Crippen LogP contribution in [0.25, 0.3) is 0 Å². The molecule has 0 spiro atoms. The highest BCUT2D eigenvalue weighted by Crippen LogP contribution is 2.20. The molecule has 0 aliphatic carbocycles. The number of aliphatic imine (C=N–C) groups is 1. The van der Waals surface area contributed by atoms with Crippen LogP contribution < -0.4 is 15.4 Å². The topological polar surface area (TPSA) is 67.4 Å². The second kappa shape index (κ2) is 13.4. The average Bonchev–Trinajstić information content (AvgIpc) is 2.73. The summed E-state index contributed by atoms with van der Waals surface area (Å²) < 4.78 is 16.5. The van der Waals surface area contributed by atoms with Gasteiger partial charge >= 0.3 is 0 Å². The number of methoxy groups -OCH3 is 1. The Morgan fingerprint density at radius 2 is 2.03 bits per heavy atom. The molecule has 1 aliphatic rings. The minimum Gasteiger partial charge on any atom is -0.493 e. The predicted octanol–water partition coefficient (Wildman–Crippen LogP) is 2.04. The lowest BCUT2D eigenvalue weighted by molar-refractivity contribution is 0.0320. The number of nitrogens with zero attached hydrogens (tertiary/aromatic N) is 2. The molecule has 2 rings (SSSR count). The molecule has 0 saturated carbocycles. The summed E-state index contributed by atoms with van der Waals surface area (Å²) in [5.74, 6) is 2.26. The average molecular weight is 407 g/mol. The number of nitrogens with one attached hydrogen (secondary N) is 2. The van der Waals surface area contributed by atoms with E-state index in [4.69, 9.17) is 14.2 Å². The zero-order chi connectivity index (χ0) is 20.9. The third-order valence-electron chi connectivity index (χ3n) is 4.93. The fraction of sp³-hybridized carbons (Fsp3) is 0.682. The van der Waals surface area contributed by atoms with Gasteiger partial charge in [-0.3, -0.25) is 9.89 Å². The molecule has 1 aliphatic heterocycles. The highest BCUT2D eigenvalue weighted by molar-refractivity contribution is 5.79. The van der Waals surface area contributed by atoms with Crippen molar-refractivity contribution in [2.75, 3.05) is 66.8 Å². The Hall–Kier alpha value is -1.83. The monoisotopic (exact) mass is 406 g/mol. The Labute approximate surface area is 175 Å². The second-order valence-electron chi connectivity index (χ2n) is 7.63. The van der Waals surface area contributed by atoms with Crippen molar-refractivity contribution in [1.82, 2.24) is 15.5 Å². The summed E-state index contributed by atoms with van der Waals surface area (Å²) in [6.07, 6.45) is 0.877. The number of aryl methyl sites for hydroxylation is 1. The van der Waals surface area contributed by atoms with Crippen molar-refractivity contribution in [2.45, 2.75) is 26.8 Å². The van der Waals surface area contributed by atoms with Gasteiger partial charge in [-0.2, -0.15) is 0 Å². The van der Waals surface area contributed by atoms with E-state index in [-0.39, 0.29) is 0 Å². The van der Waals surface area contributed by atoms with E-state index in [9.17, 15) is 0 Å². The molecule has 1 saturated heterocycles. The van der Waals surface area contributed by atoms with Crippen LogP contribution in [0.3, 0.4) is 0 Å². The van der Waals surface area contributed by atoms with Gasteiger partial charge in [-0.1, -0.05) is 19.1 Å². The molecule has 164 valence electrons. The Bertz CT molecular complexity index is 618. The van der Waals surface area contributed by atoms with E-state index in [1.165, 1.54) is 5.56 Å². The number of morpholine rings is 1. The van der Waals surface area contributed by atoms with Gasteiger partial charge in [0.2, 0.25) is 0 Å². The molecule has 1 aromatic rings. The van der Waals surface area contributed by atoms with Crippen LogP contribution >= 0.6 is 0 Å². The van der Waals surface area contributed by atoms with E-state index >= 15 is 0 Å².